The summed E-state index contributed by atoms with van der Waals surface area (Å²) in [5.74, 6) is -0.964. The maximum Gasteiger partial charge on any atom is 0.271 e. The largest absolute Gasteiger partial charge is 0.271 e. The van der Waals surface area contributed by atoms with Crippen molar-refractivity contribution in [1.82, 2.24) is 5.43 Å². The molecule has 0 aromatic heterocycles. The van der Waals surface area contributed by atoms with Crippen LogP contribution in [0.1, 0.15) is 21.5 Å². The van der Waals surface area contributed by atoms with Gasteiger partial charge in [-0.3, -0.25) is 9.10 Å². The van der Waals surface area contributed by atoms with Crippen molar-refractivity contribution >= 4 is 39.4 Å². The summed E-state index contributed by atoms with van der Waals surface area (Å²) >= 11 is 5.88. The third kappa shape index (κ3) is 6.13. The van der Waals surface area contributed by atoms with E-state index in [0.29, 0.717) is 10.7 Å². The first kappa shape index (κ1) is 22.5. The van der Waals surface area contributed by atoms with Crippen LogP contribution in [-0.2, 0) is 16.6 Å². The first-order valence-electron chi connectivity index (χ1n) is 9.14. The van der Waals surface area contributed by atoms with E-state index in [4.69, 9.17) is 11.6 Å². The van der Waals surface area contributed by atoms with Gasteiger partial charge in [0.1, 0.15) is 5.82 Å². The van der Waals surface area contributed by atoms with Crippen LogP contribution in [0.2, 0.25) is 5.02 Å². The first-order valence-corrected chi connectivity index (χ1v) is 11.4. The number of hydrazone groups is 1. The van der Waals surface area contributed by atoms with Crippen LogP contribution in [0.3, 0.4) is 0 Å². The molecule has 0 radical (unpaired) electrons. The molecule has 0 aliphatic heterocycles. The fourth-order valence-corrected chi connectivity index (χ4v) is 3.75. The van der Waals surface area contributed by atoms with Crippen molar-refractivity contribution in [1.29, 1.82) is 0 Å². The zero-order valence-electron chi connectivity index (χ0n) is 16.5. The second-order valence-corrected chi connectivity index (χ2v) is 9.01. The van der Waals surface area contributed by atoms with Gasteiger partial charge in [-0.15, -0.1) is 0 Å². The highest BCUT2D eigenvalue weighted by Gasteiger charge is 2.18. The van der Waals surface area contributed by atoms with E-state index in [1.54, 1.807) is 36.4 Å². The molecule has 160 valence electrons. The minimum absolute atomic E-state index is 0.120. The minimum atomic E-state index is -3.57. The number of rotatable bonds is 7. The third-order valence-corrected chi connectivity index (χ3v) is 5.72. The van der Waals surface area contributed by atoms with Crippen LogP contribution in [0, 0.1) is 5.82 Å². The molecule has 3 aromatic carbocycles. The molecule has 0 atom stereocenters. The Hall–Kier alpha value is -3.23. The summed E-state index contributed by atoms with van der Waals surface area (Å²) in [6.07, 6.45) is 2.32. The lowest BCUT2D eigenvalue weighted by molar-refractivity contribution is 0.0955. The molecular formula is C22H19ClFN3O3S. The fraction of sp³-hybridized carbons (Fsp3) is 0.0909. The van der Waals surface area contributed by atoms with Gasteiger partial charge in [-0.1, -0.05) is 41.9 Å². The molecule has 0 saturated heterocycles. The van der Waals surface area contributed by atoms with Crippen molar-refractivity contribution in [2.24, 2.45) is 5.10 Å². The summed E-state index contributed by atoms with van der Waals surface area (Å²) < 4.78 is 39.4. The molecule has 0 fully saturated rings. The smallest absolute Gasteiger partial charge is 0.267 e. The van der Waals surface area contributed by atoms with Gasteiger partial charge in [0.25, 0.3) is 5.91 Å². The Morgan fingerprint density at radius 2 is 1.71 bits per heavy atom. The topological polar surface area (TPSA) is 78.8 Å². The summed E-state index contributed by atoms with van der Waals surface area (Å²) in [6.45, 7) is 0.120. The van der Waals surface area contributed by atoms with Crippen molar-refractivity contribution in [3.63, 3.8) is 0 Å². The molecule has 0 heterocycles. The lowest BCUT2D eigenvalue weighted by Gasteiger charge is -2.22. The zero-order valence-corrected chi connectivity index (χ0v) is 18.1. The van der Waals surface area contributed by atoms with Crippen LogP contribution in [0.25, 0.3) is 0 Å². The summed E-state index contributed by atoms with van der Waals surface area (Å²) in [4.78, 5) is 12.3. The van der Waals surface area contributed by atoms with Crippen LogP contribution in [-0.4, -0.2) is 26.8 Å². The maximum atomic E-state index is 13.6. The average molecular weight is 460 g/mol. The van der Waals surface area contributed by atoms with Crippen LogP contribution >= 0.6 is 11.6 Å². The van der Waals surface area contributed by atoms with Crippen LogP contribution in [0.4, 0.5) is 10.1 Å². The van der Waals surface area contributed by atoms with Gasteiger partial charge in [-0.25, -0.2) is 18.2 Å². The standard InChI is InChI=1S/C22H19ClFN3O3S/c1-31(29,30)27(15-16-6-10-19(23)11-7-16)20-12-8-17(9-13-20)22(28)26-25-14-18-4-2-3-5-21(18)24/h2-14H,15H2,1H3,(H,26,28)/b25-14-. The zero-order chi connectivity index (χ0) is 22.4. The van der Waals surface area contributed by atoms with E-state index in [1.165, 1.54) is 46.9 Å². The molecule has 1 amide bonds. The molecule has 3 aromatic rings. The van der Waals surface area contributed by atoms with Crippen molar-refractivity contribution < 1.29 is 17.6 Å². The van der Waals surface area contributed by atoms with Crippen LogP contribution in [0.15, 0.2) is 77.9 Å². The molecule has 0 saturated carbocycles. The summed E-state index contributed by atoms with van der Waals surface area (Å²) in [5, 5.41) is 4.31. The van der Waals surface area contributed by atoms with Gasteiger partial charge < -0.3 is 0 Å². The molecule has 31 heavy (non-hydrogen) atoms. The molecule has 0 unspecified atom stereocenters. The highest BCUT2D eigenvalue weighted by Crippen LogP contribution is 2.22. The molecular weight excluding hydrogens is 441 g/mol. The van der Waals surface area contributed by atoms with E-state index >= 15 is 0 Å². The second kappa shape index (κ2) is 9.72. The number of benzene rings is 3. The molecule has 0 spiro atoms. The Morgan fingerprint density at radius 1 is 1.06 bits per heavy atom. The Balaban J connectivity index is 1.72. The average Bonchev–Trinajstić information content (AvgIpc) is 2.74. The normalized spacial score (nSPS) is 11.5. The number of carbonyl (C=O) groups excluding carboxylic acids is 1. The van der Waals surface area contributed by atoms with E-state index in [0.717, 1.165) is 11.8 Å². The number of hydrogen-bond donors (Lipinski definition) is 1. The predicted molar refractivity (Wildman–Crippen MR) is 120 cm³/mol. The number of nitrogens with zero attached hydrogens (tertiary/aromatic N) is 2. The number of amides is 1. The molecule has 1 N–H and O–H groups in total. The number of sulfonamides is 1. The fourth-order valence-electron chi connectivity index (χ4n) is 2.74. The van der Waals surface area contributed by atoms with Crippen molar-refractivity contribution in [2.75, 3.05) is 10.6 Å². The molecule has 0 aliphatic carbocycles. The number of anilines is 1. The van der Waals surface area contributed by atoms with Crippen molar-refractivity contribution in [3.05, 3.63) is 100 Å². The first-order chi connectivity index (χ1) is 14.7. The van der Waals surface area contributed by atoms with Gasteiger partial charge in [-0.2, -0.15) is 5.10 Å². The highest BCUT2D eigenvalue weighted by molar-refractivity contribution is 7.92. The predicted octanol–water partition coefficient (Wildman–Crippen LogP) is 4.21. The molecule has 6 nitrogen and oxygen atoms in total. The van der Waals surface area contributed by atoms with Gasteiger partial charge in [0.2, 0.25) is 10.0 Å². The SMILES string of the molecule is CS(=O)(=O)N(Cc1ccc(Cl)cc1)c1ccc(C(=O)N/N=C\c2ccccc2F)cc1. The van der Waals surface area contributed by atoms with Gasteiger partial charge in [0, 0.05) is 16.1 Å². The quantitative estimate of drug-likeness (QED) is 0.424. The minimum Gasteiger partial charge on any atom is -0.267 e. The number of hydrogen-bond acceptors (Lipinski definition) is 4. The van der Waals surface area contributed by atoms with Crippen LogP contribution in [0.5, 0.6) is 0 Å². The van der Waals surface area contributed by atoms with Crippen molar-refractivity contribution in [3.8, 4) is 0 Å². The lowest BCUT2D eigenvalue weighted by atomic mass is 10.2. The summed E-state index contributed by atoms with van der Waals surface area (Å²) in [5.41, 5.74) is 4.00. The van der Waals surface area contributed by atoms with Crippen LogP contribution < -0.4 is 9.73 Å². The number of nitrogens with one attached hydrogen (secondary N) is 1. The van der Waals surface area contributed by atoms with E-state index in [9.17, 15) is 17.6 Å². The summed E-state index contributed by atoms with van der Waals surface area (Å²) in [7, 11) is -3.57. The van der Waals surface area contributed by atoms with E-state index in [-0.39, 0.29) is 17.7 Å². The Labute approximate surface area is 185 Å². The van der Waals surface area contributed by atoms with Crippen molar-refractivity contribution in [2.45, 2.75) is 6.54 Å². The second-order valence-electron chi connectivity index (χ2n) is 6.66. The van der Waals surface area contributed by atoms with Gasteiger partial charge in [0.15, 0.2) is 0 Å². The van der Waals surface area contributed by atoms with E-state index < -0.39 is 21.7 Å². The van der Waals surface area contributed by atoms with Gasteiger partial charge in [0.05, 0.1) is 24.7 Å². The Bertz CT molecular complexity index is 1200. The molecule has 0 bridgehead atoms. The van der Waals surface area contributed by atoms with E-state index in [1.807, 2.05) is 0 Å². The van der Waals surface area contributed by atoms with Gasteiger partial charge >= 0.3 is 0 Å². The lowest BCUT2D eigenvalue weighted by Crippen LogP contribution is -2.29. The monoisotopic (exact) mass is 459 g/mol. The third-order valence-electron chi connectivity index (χ3n) is 4.33. The Kier molecular flexibility index (Phi) is 7.04. The molecule has 0 aliphatic rings. The molecule has 9 heteroatoms. The van der Waals surface area contributed by atoms with E-state index in [2.05, 4.69) is 10.5 Å². The van der Waals surface area contributed by atoms with Gasteiger partial charge in [-0.05, 0) is 48.0 Å². The maximum absolute atomic E-state index is 13.6. The highest BCUT2D eigenvalue weighted by atomic mass is 35.5. The number of carbonyl (C=O) groups is 1. The molecule has 3 rings (SSSR count). The Morgan fingerprint density at radius 3 is 2.32 bits per heavy atom. The summed E-state index contributed by atoms with van der Waals surface area (Å²) in [6, 6.07) is 18.9. The number of halogens is 2.